The van der Waals surface area contributed by atoms with Crippen molar-refractivity contribution in [1.29, 1.82) is 0 Å². The minimum absolute atomic E-state index is 0.00560. The molecule has 1 N–H and O–H groups in total. The molecule has 222 valence electrons. The van der Waals surface area contributed by atoms with E-state index in [1.807, 2.05) is 0 Å². The zero-order chi connectivity index (χ0) is 30.5. The third kappa shape index (κ3) is 5.02. The number of aryl methyl sites for hydroxylation is 1. The molecule has 2 aromatic heterocycles. The van der Waals surface area contributed by atoms with Gasteiger partial charge in [-0.25, -0.2) is 19.3 Å². The normalized spacial score (nSPS) is 21.3. The number of hydrogen-bond donors (Lipinski definition) is 1. The fourth-order valence-electron chi connectivity index (χ4n) is 5.98. The first-order valence-electron chi connectivity index (χ1n) is 13.8. The number of halogens is 3. The average molecular weight is 625 g/mol. The molecule has 1 aliphatic carbocycles. The summed E-state index contributed by atoms with van der Waals surface area (Å²) in [6, 6.07) is 9.31. The Morgan fingerprint density at radius 3 is 2.44 bits per heavy atom. The number of aromatic nitrogens is 4. The molecule has 1 saturated carbocycles. The van der Waals surface area contributed by atoms with Gasteiger partial charge in [-0.1, -0.05) is 42.3 Å². The fourth-order valence-corrected chi connectivity index (χ4v) is 6.20. The van der Waals surface area contributed by atoms with Crippen LogP contribution in [0.4, 0.5) is 4.39 Å². The Morgan fingerprint density at radius 2 is 1.84 bits per heavy atom. The minimum Gasteiger partial charge on any atom is -0.379 e. The number of fused-ring (bicyclic) bond motifs is 1. The summed E-state index contributed by atoms with van der Waals surface area (Å²) in [7, 11) is 1.77. The van der Waals surface area contributed by atoms with Crippen LogP contribution in [0.25, 0.3) is 0 Å². The van der Waals surface area contributed by atoms with Gasteiger partial charge in [0, 0.05) is 49.1 Å². The largest absolute Gasteiger partial charge is 0.379 e. The van der Waals surface area contributed by atoms with Gasteiger partial charge in [-0.2, -0.15) is 0 Å². The SMILES string of the molecule is CC[C@](O)(c1cc(F)c2c(c1)C(=O)N(Cc1ncc(Cl)cn1)[C@@]2(O[C@H]1CCC(=O)C1)c1ccc(Cl)cc1)c1cn(C)cn1. The van der Waals surface area contributed by atoms with Crippen LogP contribution in [-0.2, 0) is 34.4 Å². The van der Waals surface area contributed by atoms with Crippen molar-refractivity contribution in [3.05, 3.63) is 111 Å². The molecule has 0 unspecified atom stereocenters. The molecule has 3 atom stereocenters. The van der Waals surface area contributed by atoms with Gasteiger partial charge in [0.25, 0.3) is 5.91 Å². The van der Waals surface area contributed by atoms with E-state index in [2.05, 4.69) is 15.0 Å². The summed E-state index contributed by atoms with van der Waals surface area (Å²) in [5.74, 6) is -1.06. The highest BCUT2D eigenvalue weighted by Crippen LogP contribution is 2.50. The molecule has 6 rings (SSSR count). The molecule has 43 heavy (non-hydrogen) atoms. The molecule has 0 bridgehead atoms. The molecule has 2 aliphatic rings. The lowest BCUT2D eigenvalue weighted by atomic mass is 9.84. The molecular weight excluding hydrogens is 596 g/mol. The van der Waals surface area contributed by atoms with E-state index < -0.39 is 29.2 Å². The van der Waals surface area contributed by atoms with Gasteiger partial charge in [0.1, 0.15) is 23.0 Å². The Kier molecular flexibility index (Phi) is 7.58. The van der Waals surface area contributed by atoms with Crippen LogP contribution in [0, 0.1) is 5.82 Å². The van der Waals surface area contributed by atoms with Crippen molar-refractivity contribution in [3.8, 4) is 0 Å². The van der Waals surface area contributed by atoms with Crippen molar-refractivity contribution in [2.75, 3.05) is 0 Å². The number of ether oxygens (including phenoxy) is 1. The van der Waals surface area contributed by atoms with Crippen LogP contribution in [0.15, 0.2) is 61.3 Å². The topological polar surface area (TPSA) is 110 Å². The predicted octanol–water partition coefficient (Wildman–Crippen LogP) is 5.30. The first-order valence-corrected chi connectivity index (χ1v) is 14.6. The number of hydrogen-bond acceptors (Lipinski definition) is 7. The summed E-state index contributed by atoms with van der Waals surface area (Å²) >= 11 is 12.2. The molecule has 9 nitrogen and oxygen atoms in total. The minimum atomic E-state index is -1.80. The lowest BCUT2D eigenvalue weighted by Crippen LogP contribution is -2.48. The number of aliphatic hydroxyl groups is 1. The van der Waals surface area contributed by atoms with Gasteiger partial charge in [0.05, 0.1) is 40.8 Å². The fraction of sp³-hybridized carbons (Fsp3) is 0.323. The maximum atomic E-state index is 16.8. The first-order chi connectivity index (χ1) is 20.5. The van der Waals surface area contributed by atoms with E-state index in [1.54, 1.807) is 55.3 Å². The lowest BCUT2D eigenvalue weighted by Gasteiger charge is -2.41. The van der Waals surface area contributed by atoms with Gasteiger partial charge in [-0.3, -0.25) is 14.5 Å². The highest BCUT2D eigenvalue weighted by atomic mass is 35.5. The number of Topliss-reactive ketones (excluding diaryl/α,β-unsaturated/α-hetero) is 1. The first kappa shape index (κ1) is 29.4. The average Bonchev–Trinajstić information content (AvgIpc) is 3.68. The van der Waals surface area contributed by atoms with E-state index >= 15 is 4.39 Å². The summed E-state index contributed by atoms with van der Waals surface area (Å²) in [4.78, 5) is 41.0. The zero-order valence-electron chi connectivity index (χ0n) is 23.4. The van der Waals surface area contributed by atoms with E-state index in [1.165, 1.54) is 29.4 Å². The van der Waals surface area contributed by atoms with Gasteiger partial charge >= 0.3 is 0 Å². The smallest absolute Gasteiger partial charge is 0.257 e. The summed E-state index contributed by atoms with van der Waals surface area (Å²) < 4.78 is 25.2. The number of carbonyl (C=O) groups is 2. The molecule has 2 aromatic carbocycles. The van der Waals surface area contributed by atoms with Crippen molar-refractivity contribution >= 4 is 34.9 Å². The number of ketones is 1. The zero-order valence-corrected chi connectivity index (χ0v) is 24.9. The van der Waals surface area contributed by atoms with Crippen molar-refractivity contribution < 1.29 is 23.8 Å². The van der Waals surface area contributed by atoms with Gasteiger partial charge in [0.15, 0.2) is 0 Å². The Morgan fingerprint density at radius 1 is 1.12 bits per heavy atom. The quantitative estimate of drug-likeness (QED) is 0.284. The molecule has 1 aliphatic heterocycles. The third-order valence-corrected chi connectivity index (χ3v) is 8.60. The van der Waals surface area contributed by atoms with Crippen LogP contribution in [0.5, 0.6) is 0 Å². The number of imidazole rings is 1. The highest BCUT2D eigenvalue weighted by molar-refractivity contribution is 6.30. The van der Waals surface area contributed by atoms with Gasteiger partial charge in [-0.05, 0) is 42.7 Å². The Labute approximate surface area is 257 Å². The van der Waals surface area contributed by atoms with Crippen LogP contribution in [-0.4, -0.2) is 47.3 Å². The van der Waals surface area contributed by atoms with Crippen molar-refractivity contribution in [3.63, 3.8) is 0 Å². The van der Waals surface area contributed by atoms with E-state index in [0.29, 0.717) is 34.1 Å². The van der Waals surface area contributed by atoms with Gasteiger partial charge < -0.3 is 14.4 Å². The van der Waals surface area contributed by atoms with Gasteiger partial charge in [0.2, 0.25) is 5.72 Å². The van der Waals surface area contributed by atoms with Crippen molar-refractivity contribution in [2.24, 2.45) is 7.05 Å². The van der Waals surface area contributed by atoms with Gasteiger partial charge in [-0.15, -0.1) is 0 Å². The predicted molar refractivity (Wildman–Crippen MR) is 156 cm³/mol. The van der Waals surface area contributed by atoms with Crippen LogP contribution < -0.4 is 0 Å². The molecule has 3 heterocycles. The van der Waals surface area contributed by atoms with Crippen LogP contribution >= 0.6 is 23.2 Å². The van der Waals surface area contributed by atoms with Crippen LogP contribution in [0.2, 0.25) is 10.0 Å². The number of rotatable bonds is 8. The number of amides is 1. The summed E-state index contributed by atoms with van der Waals surface area (Å²) in [6.07, 6.45) is 6.45. The van der Waals surface area contributed by atoms with Crippen molar-refractivity contribution in [2.45, 2.75) is 56.6 Å². The molecule has 0 spiro atoms. The molecule has 1 fully saturated rings. The Bertz CT molecular complexity index is 1710. The summed E-state index contributed by atoms with van der Waals surface area (Å²) in [5.41, 5.74) is -2.58. The Balaban J connectivity index is 1.59. The molecular formula is C31H28Cl2FN5O4. The standard InChI is InChI=1S/C31H28Cl2FN5O4/c1-3-30(42,26-15-38(2)17-37-26)19-10-24-28(25(34)11-19)31(18-4-6-20(32)7-5-18,43-23-9-8-22(40)12-23)39(29(24)41)16-27-35-13-21(33)14-36-27/h4-7,10-11,13-15,17,23,42H,3,8-9,12,16H2,1-2H3/t23-,30-,31+/m0/s1. The molecule has 0 saturated heterocycles. The second-order valence-electron chi connectivity index (χ2n) is 10.9. The maximum absolute atomic E-state index is 16.8. The Hall–Kier alpha value is -3.70. The maximum Gasteiger partial charge on any atom is 0.257 e. The number of carbonyl (C=O) groups excluding carboxylic acids is 2. The lowest BCUT2D eigenvalue weighted by molar-refractivity contribution is -0.149. The second kappa shape index (κ2) is 11.1. The summed E-state index contributed by atoms with van der Waals surface area (Å²) in [5, 5.41) is 12.5. The summed E-state index contributed by atoms with van der Waals surface area (Å²) in [6.45, 7) is 1.59. The third-order valence-electron chi connectivity index (χ3n) is 8.15. The molecule has 4 aromatic rings. The number of benzene rings is 2. The molecule has 12 heteroatoms. The van der Waals surface area contributed by atoms with E-state index in [-0.39, 0.29) is 47.7 Å². The van der Waals surface area contributed by atoms with Crippen LogP contribution in [0.3, 0.4) is 0 Å². The molecule has 0 radical (unpaired) electrons. The second-order valence-corrected chi connectivity index (χ2v) is 11.8. The molecule has 1 amide bonds. The monoisotopic (exact) mass is 623 g/mol. The van der Waals surface area contributed by atoms with E-state index in [0.717, 1.165) is 0 Å². The highest BCUT2D eigenvalue weighted by Gasteiger charge is 2.56. The van der Waals surface area contributed by atoms with Crippen LogP contribution in [0.1, 0.15) is 71.2 Å². The van der Waals surface area contributed by atoms with Crippen molar-refractivity contribution in [1.82, 2.24) is 24.4 Å². The van der Waals surface area contributed by atoms with E-state index in [9.17, 15) is 14.7 Å². The number of nitrogens with zero attached hydrogens (tertiary/aromatic N) is 5. The van der Waals surface area contributed by atoms with E-state index in [4.69, 9.17) is 27.9 Å².